The molecule has 0 aromatic carbocycles. The average Bonchev–Trinajstić information content (AvgIpc) is 2.53. The predicted molar refractivity (Wildman–Crippen MR) is 76.1 cm³/mol. The largest absolute Gasteiger partial charge is 0.394 e. The van der Waals surface area contributed by atoms with E-state index >= 15 is 0 Å². The molecule has 7 atom stereocenters. The lowest BCUT2D eigenvalue weighted by molar-refractivity contribution is -0.265. The average molecular weight is 324 g/mol. The number of rotatable bonds is 9. The summed E-state index contributed by atoms with van der Waals surface area (Å²) >= 11 is 0. The van der Waals surface area contributed by atoms with Crippen molar-refractivity contribution >= 4 is 0 Å². The van der Waals surface area contributed by atoms with Crippen LogP contribution in [0, 0.1) is 0 Å². The number of unbranched alkanes of at least 4 members (excludes halogenated alkanes) is 2. The summed E-state index contributed by atoms with van der Waals surface area (Å²) in [5.74, 6) is 0. The van der Waals surface area contributed by atoms with Crippen LogP contribution in [0.3, 0.4) is 0 Å². The van der Waals surface area contributed by atoms with Crippen molar-refractivity contribution in [1.82, 2.24) is 0 Å². The molecule has 8 nitrogen and oxygen atoms in total. The van der Waals surface area contributed by atoms with E-state index in [1.165, 1.54) is 0 Å². The van der Waals surface area contributed by atoms with Crippen LogP contribution in [-0.2, 0) is 9.47 Å². The summed E-state index contributed by atoms with van der Waals surface area (Å²) in [5.41, 5.74) is 0. The van der Waals surface area contributed by atoms with Crippen LogP contribution in [0.1, 0.15) is 26.2 Å². The Kier molecular flexibility index (Phi) is 8.73. The van der Waals surface area contributed by atoms with Gasteiger partial charge in [-0.1, -0.05) is 19.8 Å². The van der Waals surface area contributed by atoms with E-state index in [1.54, 1.807) is 0 Å². The van der Waals surface area contributed by atoms with Crippen molar-refractivity contribution in [1.29, 1.82) is 0 Å². The minimum Gasteiger partial charge on any atom is -0.394 e. The molecule has 1 saturated heterocycles. The lowest BCUT2D eigenvalue weighted by Crippen LogP contribution is -2.63. The number of hydrogen-bond donors (Lipinski definition) is 6. The standard InChI is InChI=1S/C14H28O8/c1-2-3-4-5-21-13(8(17)6-15)14-12(20)11(19)10(18)9(7-16)22-14/h8-20H,2-7H2,1H3/t8?,9-,10+,11+,12-,13?,14?/m1/s1. The Morgan fingerprint density at radius 1 is 1.05 bits per heavy atom. The molecule has 1 heterocycles. The van der Waals surface area contributed by atoms with Crippen LogP contribution in [-0.4, -0.2) is 93.2 Å². The second-order valence-corrected chi connectivity index (χ2v) is 5.59. The molecule has 6 N–H and O–H groups in total. The molecule has 0 aromatic heterocycles. The van der Waals surface area contributed by atoms with Gasteiger partial charge < -0.3 is 40.1 Å². The number of aliphatic hydroxyl groups is 6. The first-order valence-corrected chi connectivity index (χ1v) is 7.68. The van der Waals surface area contributed by atoms with Crippen LogP contribution in [0.15, 0.2) is 0 Å². The van der Waals surface area contributed by atoms with Crippen molar-refractivity contribution in [2.75, 3.05) is 19.8 Å². The van der Waals surface area contributed by atoms with Gasteiger partial charge in [-0.25, -0.2) is 0 Å². The topological polar surface area (TPSA) is 140 Å². The van der Waals surface area contributed by atoms with Crippen LogP contribution in [0.2, 0.25) is 0 Å². The Balaban J connectivity index is 2.77. The summed E-state index contributed by atoms with van der Waals surface area (Å²) in [4.78, 5) is 0. The molecule has 0 radical (unpaired) electrons. The molecule has 0 amide bonds. The van der Waals surface area contributed by atoms with Crippen LogP contribution in [0.25, 0.3) is 0 Å². The van der Waals surface area contributed by atoms with Gasteiger partial charge in [-0.2, -0.15) is 0 Å². The predicted octanol–water partition coefficient (Wildman–Crippen LogP) is -2.24. The van der Waals surface area contributed by atoms with E-state index in [0.717, 1.165) is 19.3 Å². The van der Waals surface area contributed by atoms with Gasteiger partial charge >= 0.3 is 0 Å². The number of aliphatic hydroxyl groups excluding tert-OH is 6. The monoisotopic (exact) mass is 324 g/mol. The lowest BCUT2D eigenvalue weighted by atomic mass is 9.90. The van der Waals surface area contributed by atoms with Crippen LogP contribution < -0.4 is 0 Å². The highest BCUT2D eigenvalue weighted by molar-refractivity contribution is 4.96. The Labute approximate surface area is 129 Å². The van der Waals surface area contributed by atoms with E-state index < -0.39 is 55.9 Å². The molecule has 1 rings (SSSR count). The van der Waals surface area contributed by atoms with Crippen LogP contribution >= 0.6 is 0 Å². The van der Waals surface area contributed by atoms with Crippen molar-refractivity contribution in [2.45, 2.75) is 68.9 Å². The molecule has 22 heavy (non-hydrogen) atoms. The molecule has 1 aliphatic heterocycles. The van der Waals surface area contributed by atoms with Gasteiger partial charge in [0.1, 0.15) is 42.7 Å². The molecule has 0 aliphatic carbocycles. The van der Waals surface area contributed by atoms with E-state index in [-0.39, 0.29) is 0 Å². The van der Waals surface area contributed by atoms with E-state index in [1.807, 2.05) is 6.92 Å². The summed E-state index contributed by atoms with van der Waals surface area (Å²) in [6, 6.07) is 0. The molecular weight excluding hydrogens is 296 g/mol. The zero-order valence-corrected chi connectivity index (χ0v) is 12.8. The Hall–Kier alpha value is -0.320. The van der Waals surface area contributed by atoms with Crippen LogP contribution in [0.5, 0.6) is 0 Å². The third-order valence-electron chi connectivity index (χ3n) is 3.88. The maximum absolute atomic E-state index is 10.0. The van der Waals surface area contributed by atoms with Gasteiger partial charge in [0, 0.05) is 6.61 Å². The smallest absolute Gasteiger partial charge is 0.115 e. The van der Waals surface area contributed by atoms with Crippen molar-refractivity contribution in [3.63, 3.8) is 0 Å². The number of hydrogen-bond acceptors (Lipinski definition) is 8. The first kappa shape index (κ1) is 19.7. The highest BCUT2D eigenvalue weighted by Crippen LogP contribution is 2.26. The summed E-state index contributed by atoms with van der Waals surface area (Å²) in [5, 5.41) is 57.8. The van der Waals surface area contributed by atoms with Gasteiger partial charge in [-0.05, 0) is 6.42 Å². The van der Waals surface area contributed by atoms with Gasteiger partial charge in [-0.15, -0.1) is 0 Å². The fraction of sp³-hybridized carbons (Fsp3) is 1.00. The first-order valence-electron chi connectivity index (χ1n) is 7.68. The molecular formula is C14H28O8. The molecule has 8 heteroatoms. The minimum absolute atomic E-state index is 0.296. The Morgan fingerprint density at radius 3 is 2.27 bits per heavy atom. The van der Waals surface area contributed by atoms with E-state index in [0.29, 0.717) is 6.61 Å². The highest BCUT2D eigenvalue weighted by atomic mass is 16.6. The fourth-order valence-electron chi connectivity index (χ4n) is 2.50. The highest BCUT2D eigenvalue weighted by Gasteiger charge is 2.48. The second-order valence-electron chi connectivity index (χ2n) is 5.59. The van der Waals surface area contributed by atoms with Gasteiger partial charge in [0.2, 0.25) is 0 Å². The molecule has 0 bridgehead atoms. The minimum atomic E-state index is -1.54. The second kappa shape index (κ2) is 9.74. The SMILES string of the molecule is CCCCCOC(C(O)CO)C1O[C@H](CO)[C@H](O)[C@H](O)[C@H]1O. The van der Waals surface area contributed by atoms with E-state index in [9.17, 15) is 25.5 Å². The molecule has 0 spiro atoms. The third kappa shape index (κ3) is 4.84. The van der Waals surface area contributed by atoms with Gasteiger partial charge in [-0.3, -0.25) is 0 Å². The summed E-state index contributed by atoms with van der Waals surface area (Å²) < 4.78 is 10.9. The van der Waals surface area contributed by atoms with Gasteiger partial charge in [0.25, 0.3) is 0 Å². The lowest BCUT2D eigenvalue weighted by Gasteiger charge is -2.43. The first-order chi connectivity index (χ1) is 10.5. The third-order valence-corrected chi connectivity index (χ3v) is 3.88. The van der Waals surface area contributed by atoms with E-state index in [2.05, 4.69) is 0 Å². The van der Waals surface area contributed by atoms with Crippen LogP contribution in [0.4, 0.5) is 0 Å². The van der Waals surface area contributed by atoms with Gasteiger partial charge in [0.15, 0.2) is 0 Å². The van der Waals surface area contributed by atoms with Gasteiger partial charge in [0.05, 0.1) is 13.2 Å². The van der Waals surface area contributed by atoms with Crippen molar-refractivity contribution < 1.29 is 40.1 Å². The molecule has 0 aromatic rings. The maximum atomic E-state index is 10.0. The molecule has 1 fully saturated rings. The normalized spacial score (nSPS) is 35.3. The Morgan fingerprint density at radius 2 is 1.73 bits per heavy atom. The summed E-state index contributed by atoms with van der Waals surface area (Å²) in [7, 11) is 0. The number of ether oxygens (including phenoxy) is 2. The van der Waals surface area contributed by atoms with Crippen molar-refractivity contribution in [2.24, 2.45) is 0 Å². The maximum Gasteiger partial charge on any atom is 0.115 e. The summed E-state index contributed by atoms with van der Waals surface area (Å²) in [6.45, 7) is 1.16. The van der Waals surface area contributed by atoms with Crippen molar-refractivity contribution in [3.05, 3.63) is 0 Å². The van der Waals surface area contributed by atoms with Crippen molar-refractivity contribution in [3.8, 4) is 0 Å². The molecule has 132 valence electrons. The molecule has 1 aliphatic rings. The molecule has 0 saturated carbocycles. The zero-order valence-electron chi connectivity index (χ0n) is 12.8. The van der Waals surface area contributed by atoms with E-state index in [4.69, 9.17) is 14.6 Å². The zero-order chi connectivity index (χ0) is 16.7. The Bertz CT molecular complexity index is 301. The fourth-order valence-corrected chi connectivity index (χ4v) is 2.50. The quantitative estimate of drug-likeness (QED) is 0.262. The molecule has 3 unspecified atom stereocenters. The summed E-state index contributed by atoms with van der Waals surface area (Å²) in [6.07, 6.45) is -6.50.